The first-order valence-electron chi connectivity index (χ1n) is 9.58. The number of carbonyl (C=O) groups is 2. The fourth-order valence-corrected chi connectivity index (χ4v) is 5.10. The first-order valence-corrected chi connectivity index (χ1v) is 9.58. The van der Waals surface area contributed by atoms with E-state index in [0.29, 0.717) is 5.69 Å². The Bertz CT molecular complexity index is 986. The normalized spacial score (nSPS) is 29.4. The van der Waals surface area contributed by atoms with Gasteiger partial charge in [0.15, 0.2) is 0 Å². The van der Waals surface area contributed by atoms with Gasteiger partial charge >= 0.3 is 0 Å². The van der Waals surface area contributed by atoms with Crippen molar-refractivity contribution in [1.29, 1.82) is 0 Å². The van der Waals surface area contributed by atoms with Gasteiger partial charge in [0.25, 0.3) is 0 Å². The average molecular weight is 371 g/mol. The van der Waals surface area contributed by atoms with Gasteiger partial charge in [-0.05, 0) is 42.3 Å². The summed E-state index contributed by atoms with van der Waals surface area (Å²) in [7, 11) is 1.65. The maximum Gasteiger partial charge on any atom is 0.238 e. The highest BCUT2D eigenvalue weighted by Crippen LogP contribution is 2.58. The number of benzene rings is 2. The van der Waals surface area contributed by atoms with Gasteiger partial charge in [-0.2, -0.15) is 0 Å². The standard InChI is InChI=1S/C24H21NO3/c1-14(15-8-10-17(28-2)11-9-15)20-18-12-13-19(20)22-21(18)23(26)25(24(22)27)16-6-4-3-5-7-16/h3-13,18-19,21-22H,1-2H3/t18-,19+,21-,22+. The molecule has 5 rings (SSSR count). The van der Waals surface area contributed by atoms with E-state index in [4.69, 9.17) is 4.74 Å². The Kier molecular flexibility index (Phi) is 3.76. The molecule has 140 valence electrons. The second kappa shape index (κ2) is 6.20. The molecule has 1 aliphatic heterocycles. The molecule has 0 spiro atoms. The lowest BCUT2D eigenvalue weighted by Gasteiger charge is -2.20. The number of fused-ring (bicyclic) bond motifs is 5. The molecular formula is C24H21NO3. The monoisotopic (exact) mass is 371 g/mol. The molecule has 1 heterocycles. The summed E-state index contributed by atoms with van der Waals surface area (Å²) in [4.78, 5) is 27.8. The largest absolute Gasteiger partial charge is 0.497 e. The zero-order chi connectivity index (χ0) is 19.4. The van der Waals surface area contributed by atoms with E-state index >= 15 is 0 Å². The van der Waals surface area contributed by atoms with Crippen molar-refractivity contribution in [3.63, 3.8) is 0 Å². The summed E-state index contributed by atoms with van der Waals surface area (Å²) in [5.74, 6) is 0.104. The Morgan fingerprint density at radius 2 is 1.43 bits per heavy atom. The number of para-hydroxylation sites is 1. The number of hydrogen-bond acceptors (Lipinski definition) is 3. The molecule has 4 nitrogen and oxygen atoms in total. The number of amides is 2. The van der Waals surface area contributed by atoms with Crippen molar-refractivity contribution in [2.24, 2.45) is 23.7 Å². The third-order valence-electron chi connectivity index (χ3n) is 6.39. The van der Waals surface area contributed by atoms with Crippen LogP contribution < -0.4 is 9.64 Å². The first kappa shape index (κ1) is 17.0. The van der Waals surface area contributed by atoms with Crippen molar-refractivity contribution < 1.29 is 14.3 Å². The van der Waals surface area contributed by atoms with E-state index in [-0.39, 0.29) is 35.5 Å². The molecule has 0 unspecified atom stereocenters. The van der Waals surface area contributed by atoms with Gasteiger partial charge < -0.3 is 4.74 Å². The van der Waals surface area contributed by atoms with Crippen LogP contribution >= 0.6 is 0 Å². The van der Waals surface area contributed by atoms with Crippen molar-refractivity contribution in [2.45, 2.75) is 6.92 Å². The number of hydrogen-bond donors (Lipinski definition) is 0. The molecule has 2 aromatic carbocycles. The quantitative estimate of drug-likeness (QED) is 0.603. The molecule has 1 saturated heterocycles. The second-order valence-corrected chi connectivity index (χ2v) is 7.64. The zero-order valence-electron chi connectivity index (χ0n) is 15.8. The SMILES string of the molecule is COc1ccc(C(C)=C2[C@H]3C=C[C@@H]2[C@@H]2C(=O)N(c4ccccc4)C(=O)[C@@H]23)cc1. The highest BCUT2D eigenvalue weighted by Gasteiger charge is 2.62. The summed E-state index contributed by atoms with van der Waals surface area (Å²) in [5, 5.41) is 0. The fraction of sp³-hybridized carbons (Fsp3) is 0.250. The molecule has 2 aliphatic carbocycles. The molecule has 28 heavy (non-hydrogen) atoms. The van der Waals surface area contributed by atoms with E-state index in [1.807, 2.05) is 54.6 Å². The van der Waals surface area contributed by atoms with Gasteiger partial charge in [0.05, 0.1) is 24.6 Å². The number of nitrogens with zero attached hydrogens (tertiary/aromatic N) is 1. The molecule has 2 aromatic rings. The number of imide groups is 1. The van der Waals surface area contributed by atoms with Gasteiger partial charge in [0, 0.05) is 11.8 Å². The Morgan fingerprint density at radius 1 is 0.857 bits per heavy atom. The van der Waals surface area contributed by atoms with Crippen LogP contribution in [0.15, 0.2) is 72.3 Å². The molecule has 2 bridgehead atoms. The van der Waals surface area contributed by atoms with E-state index < -0.39 is 0 Å². The molecule has 2 amide bonds. The minimum absolute atomic E-state index is 0.00210. The van der Waals surface area contributed by atoms with E-state index in [1.165, 1.54) is 10.5 Å². The van der Waals surface area contributed by atoms with Crippen molar-refractivity contribution in [3.05, 3.63) is 77.9 Å². The number of ether oxygens (including phenoxy) is 1. The Hall–Kier alpha value is -3.14. The maximum atomic E-state index is 13.2. The molecule has 4 heteroatoms. The topological polar surface area (TPSA) is 46.6 Å². The summed E-state index contributed by atoms with van der Waals surface area (Å²) < 4.78 is 5.25. The van der Waals surface area contributed by atoms with E-state index in [1.54, 1.807) is 7.11 Å². The highest BCUT2D eigenvalue weighted by atomic mass is 16.5. The van der Waals surface area contributed by atoms with Gasteiger partial charge in [0.1, 0.15) is 5.75 Å². The summed E-state index contributed by atoms with van der Waals surface area (Å²) in [5.41, 5.74) is 4.15. The summed E-state index contributed by atoms with van der Waals surface area (Å²) in [6.45, 7) is 2.09. The lowest BCUT2D eigenvalue weighted by atomic mass is 9.85. The maximum absolute atomic E-state index is 13.2. The van der Waals surface area contributed by atoms with Crippen LogP contribution in [0.2, 0.25) is 0 Å². The van der Waals surface area contributed by atoms with Gasteiger partial charge in [-0.25, -0.2) is 4.90 Å². The van der Waals surface area contributed by atoms with Crippen LogP contribution in [-0.2, 0) is 9.59 Å². The second-order valence-electron chi connectivity index (χ2n) is 7.64. The Labute approximate surface area is 164 Å². The number of anilines is 1. The number of carbonyl (C=O) groups excluding carboxylic acids is 2. The summed E-state index contributed by atoms with van der Waals surface area (Å²) in [6, 6.07) is 17.2. The third kappa shape index (κ3) is 2.24. The first-order chi connectivity index (χ1) is 13.6. The van der Waals surface area contributed by atoms with Crippen LogP contribution in [-0.4, -0.2) is 18.9 Å². The van der Waals surface area contributed by atoms with Gasteiger partial charge in [-0.1, -0.05) is 48.1 Å². The minimum Gasteiger partial charge on any atom is -0.497 e. The smallest absolute Gasteiger partial charge is 0.238 e. The molecule has 2 fully saturated rings. The number of methoxy groups -OCH3 is 1. The van der Waals surface area contributed by atoms with Crippen LogP contribution in [0, 0.1) is 23.7 Å². The van der Waals surface area contributed by atoms with Crippen LogP contribution in [0.4, 0.5) is 5.69 Å². The molecule has 4 atom stereocenters. The molecule has 1 saturated carbocycles. The van der Waals surface area contributed by atoms with Crippen LogP contribution in [0.3, 0.4) is 0 Å². The van der Waals surface area contributed by atoms with Crippen molar-refractivity contribution in [3.8, 4) is 5.75 Å². The van der Waals surface area contributed by atoms with Gasteiger partial charge in [-0.15, -0.1) is 0 Å². The number of rotatable bonds is 3. The predicted octanol–water partition coefficient (Wildman–Crippen LogP) is 4.09. The van der Waals surface area contributed by atoms with Crippen LogP contribution in [0.1, 0.15) is 12.5 Å². The molecule has 3 aliphatic rings. The van der Waals surface area contributed by atoms with Crippen LogP contribution in [0.5, 0.6) is 5.75 Å². The predicted molar refractivity (Wildman–Crippen MR) is 108 cm³/mol. The van der Waals surface area contributed by atoms with Crippen molar-refractivity contribution in [2.75, 3.05) is 12.0 Å². The van der Waals surface area contributed by atoms with E-state index in [2.05, 4.69) is 19.1 Å². The summed E-state index contributed by atoms with van der Waals surface area (Å²) in [6.07, 6.45) is 4.24. The lowest BCUT2D eigenvalue weighted by molar-refractivity contribution is -0.122. The van der Waals surface area contributed by atoms with Crippen LogP contribution in [0.25, 0.3) is 5.57 Å². The number of allylic oxidation sites excluding steroid dienone is 4. The van der Waals surface area contributed by atoms with Crippen molar-refractivity contribution in [1.82, 2.24) is 0 Å². The molecule has 0 aromatic heterocycles. The van der Waals surface area contributed by atoms with E-state index in [0.717, 1.165) is 16.9 Å². The minimum atomic E-state index is -0.286. The summed E-state index contributed by atoms with van der Waals surface area (Å²) >= 11 is 0. The van der Waals surface area contributed by atoms with Gasteiger partial charge in [-0.3, -0.25) is 9.59 Å². The lowest BCUT2D eigenvalue weighted by Crippen LogP contribution is -2.33. The molecule has 0 N–H and O–H groups in total. The molecular weight excluding hydrogens is 350 g/mol. The van der Waals surface area contributed by atoms with E-state index in [9.17, 15) is 9.59 Å². The fourth-order valence-electron chi connectivity index (χ4n) is 5.10. The average Bonchev–Trinajstić information content (AvgIpc) is 3.37. The third-order valence-corrected chi connectivity index (χ3v) is 6.39. The van der Waals surface area contributed by atoms with Crippen molar-refractivity contribution >= 4 is 23.1 Å². The zero-order valence-corrected chi connectivity index (χ0v) is 15.8. The van der Waals surface area contributed by atoms with Gasteiger partial charge in [0.2, 0.25) is 11.8 Å². The Balaban J connectivity index is 1.53. The molecule has 0 radical (unpaired) electrons. The highest BCUT2D eigenvalue weighted by molar-refractivity contribution is 6.23. The Morgan fingerprint density at radius 3 is 1.96 bits per heavy atom.